The third-order valence-corrected chi connectivity index (χ3v) is 3.51. The summed E-state index contributed by atoms with van der Waals surface area (Å²) in [6.07, 6.45) is -3.42. The molecule has 1 N–H and O–H groups in total. The Hall–Kier alpha value is -1.81. The Labute approximate surface area is 122 Å². The maximum absolute atomic E-state index is 12.7. The van der Waals surface area contributed by atoms with Crippen LogP contribution in [0.5, 0.6) is 0 Å². The molecular formula is C17H18F3N. The molecule has 0 aliphatic carbocycles. The monoisotopic (exact) mass is 293 g/mol. The van der Waals surface area contributed by atoms with Gasteiger partial charge in [-0.05, 0) is 49.2 Å². The van der Waals surface area contributed by atoms with Crippen molar-refractivity contribution in [2.24, 2.45) is 0 Å². The van der Waals surface area contributed by atoms with Crippen molar-refractivity contribution < 1.29 is 13.2 Å². The van der Waals surface area contributed by atoms with Gasteiger partial charge in [0.25, 0.3) is 0 Å². The number of nitrogens with one attached hydrogen (secondary N) is 1. The van der Waals surface area contributed by atoms with Crippen LogP contribution in [0.1, 0.15) is 18.1 Å². The molecule has 0 aliphatic rings. The molecule has 0 bridgehead atoms. The van der Waals surface area contributed by atoms with Crippen LogP contribution in [0.2, 0.25) is 0 Å². The molecule has 0 saturated heterocycles. The van der Waals surface area contributed by atoms with Gasteiger partial charge in [-0.25, -0.2) is 0 Å². The lowest BCUT2D eigenvalue weighted by Crippen LogP contribution is -2.23. The smallest absolute Gasteiger partial charge is 0.317 e. The van der Waals surface area contributed by atoms with Crippen molar-refractivity contribution in [1.82, 2.24) is 5.32 Å². The highest BCUT2D eigenvalue weighted by Gasteiger charge is 2.30. The van der Waals surface area contributed by atoms with Crippen LogP contribution in [0.3, 0.4) is 0 Å². The summed E-state index contributed by atoms with van der Waals surface area (Å²) in [5.41, 5.74) is 1.92. The van der Waals surface area contributed by atoms with E-state index < -0.39 is 11.7 Å². The zero-order valence-corrected chi connectivity index (χ0v) is 12.0. The largest absolute Gasteiger partial charge is 0.416 e. The summed E-state index contributed by atoms with van der Waals surface area (Å²) in [7, 11) is 1.90. The van der Waals surface area contributed by atoms with Crippen LogP contribution in [0.4, 0.5) is 13.2 Å². The highest BCUT2D eigenvalue weighted by Crippen LogP contribution is 2.32. The zero-order valence-electron chi connectivity index (χ0n) is 12.0. The van der Waals surface area contributed by atoms with E-state index in [0.29, 0.717) is 11.6 Å². The minimum absolute atomic E-state index is 0.365. The Morgan fingerprint density at radius 2 is 1.67 bits per heavy atom. The fraction of sp³-hybridized carbons (Fsp3) is 0.294. The van der Waals surface area contributed by atoms with Crippen LogP contribution in [0.15, 0.2) is 48.5 Å². The predicted octanol–water partition coefficient (Wildman–Crippen LogP) is 4.52. The molecule has 0 amide bonds. The van der Waals surface area contributed by atoms with Crippen LogP contribution >= 0.6 is 0 Å². The lowest BCUT2D eigenvalue weighted by molar-refractivity contribution is -0.137. The summed E-state index contributed by atoms with van der Waals surface area (Å²) in [5.74, 6) is 0. The van der Waals surface area contributed by atoms with E-state index in [4.69, 9.17) is 0 Å². The fourth-order valence-electron chi connectivity index (χ4n) is 2.16. The first kappa shape index (κ1) is 15.6. The van der Waals surface area contributed by atoms with E-state index in [0.717, 1.165) is 23.6 Å². The van der Waals surface area contributed by atoms with Gasteiger partial charge in [0.2, 0.25) is 0 Å². The molecule has 0 heterocycles. The topological polar surface area (TPSA) is 12.0 Å². The van der Waals surface area contributed by atoms with Crippen molar-refractivity contribution in [3.63, 3.8) is 0 Å². The molecule has 0 radical (unpaired) electrons. The van der Waals surface area contributed by atoms with E-state index in [2.05, 4.69) is 12.2 Å². The molecule has 1 atom stereocenters. The Balaban J connectivity index is 2.23. The average molecular weight is 293 g/mol. The molecule has 1 nitrogen and oxygen atoms in total. The Kier molecular flexibility index (Phi) is 4.68. The van der Waals surface area contributed by atoms with Crippen LogP contribution in [-0.4, -0.2) is 13.1 Å². The van der Waals surface area contributed by atoms with Crippen molar-refractivity contribution in [3.05, 3.63) is 59.7 Å². The summed E-state index contributed by atoms with van der Waals surface area (Å²) in [4.78, 5) is 0. The second kappa shape index (κ2) is 6.31. The first-order chi connectivity index (χ1) is 9.90. The fourth-order valence-corrected chi connectivity index (χ4v) is 2.16. The third-order valence-electron chi connectivity index (χ3n) is 3.51. The summed E-state index contributed by atoms with van der Waals surface area (Å²) in [6, 6.07) is 13.4. The molecule has 0 aliphatic heterocycles. The average Bonchev–Trinajstić information content (AvgIpc) is 2.47. The molecule has 0 aromatic heterocycles. The highest BCUT2D eigenvalue weighted by atomic mass is 19.4. The van der Waals surface area contributed by atoms with Crippen molar-refractivity contribution in [1.29, 1.82) is 0 Å². The van der Waals surface area contributed by atoms with Crippen molar-refractivity contribution in [2.45, 2.75) is 25.6 Å². The molecular weight excluding hydrogens is 275 g/mol. The van der Waals surface area contributed by atoms with Gasteiger partial charge in [0.05, 0.1) is 5.56 Å². The van der Waals surface area contributed by atoms with Gasteiger partial charge in [-0.1, -0.05) is 36.4 Å². The number of alkyl halides is 3. The molecule has 1 unspecified atom stereocenters. The van der Waals surface area contributed by atoms with Crippen LogP contribution < -0.4 is 5.32 Å². The molecule has 0 fully saturated rings. The normalized spacial score (nSPS) is 13.2. The molecule has 0 saturated carbocycles. The van der Waals surface area contributed by atoms with Crippen molar-refractivity contribution in [3.8, 4) is 11.1 Å². The van der Waals surface area contributed by atoms with E-state index in [1.165, 1.54) is 12.1 Å². The lowest BCUT2D eigenvalue weighted by Gasteiger charge is -2.11. The van der Waals surface area contributed by atoms with Gasteiger partial charge in [-0.15, -0.1) is 0 Å². The van der Waals surface area contributed by atoms with E-state index >= 15 is 0 Å². The Morgan fingerprint density at radius 3 is 2.24 bits per heavy atom. The Morgan fingerprint density at radius 1 is 1.00 bits per heavy atom. The second-order valence-corrected chi connectivity index (χ2v) is 5.17. The quantitative estimate of drug-likeness (QED) is 0.873. The summed E-state index contributed by atoms with van der Waals surface area (Å²) in [5, 5.41) is 3.16. The maximum atomic E-state index is 12.7. The van der Waals surface area contributed by atoms with Gasteiger partial charge >= 0.3 is 6.18 Å². The van der Waals surface area contributed by atoms with Crippen LogP contribution in [-0.2, 0) is 12.6 Å². The van der Waals surface area contributed by atoms with Gasteiger partial charge < -0.3 is 5.32 Å². The maximum Gasteiger partial charge on any atom is 0.416 e. The van der Waals surface area contributed by atoms with E-state index in [-0.39, 0.29) is 0 Å². The number of likely N-dealkylation sites (N-methyl/N-ethyl adjacent to an activating group) is 1. The first-order valence-electron chi connectivity index (χ1n) is 6.84. The highest BCUT2D eigenvalue weighted by molar-refractivity contribution is 5.64. The van der Waals surface area contributed by atoms with Gasteiger partial charge in [0.1, 0.15) is 0 Å². The zero-order chi connectivity index (χ0) is 15.5. The molecule has 4 heteroatoms. The van der Waals surface area contributed by atoms with Crippen molar-refractivity contribution in [2.75, 3.05) is 7.05 Å². The van der Waals surface area contributed by atoms with Gasteiger partial charge in [-0.2, -0.15) is 13.2 Å². The van der Waals surface area contributed by atoms with Crippen LogP contribution in [0.25, 0.3) is 11.1 Å². The number of hydrogen-bond acceptors (Lipinski definition) is 1. The summed E-state index contributed by atoms with van der Waals surface area (Å²) < 4.78 is 38.2. The number of hydrogen-bond donors (Lipinski definition) is 1. The van der Waals surface area contributed by atoms with Crippen molar-refractivity contribution >= 4 is 0 Å². The minimum atomic E-state index is -4.31. The Bertz CT molecular complexity index is 588. The molecule has 0 spiro atoms. The number of rotatable bonds is 4. The standard InChI is InChI=1S/C17H18F3N/c1-12(21-2)10-13-6-8-14(9-7-13)15-4-3-5-16(11-15)17(18,19)20/h3-9,11-12,21H,10H2,1-2H3. The second-order valence-electron chi connectivity index (χ2n) is 5.17. The molecule has 2 aromatic rings. The van der Waals surface area contributed by atoms with Gasteiger partial charge in [0, 0.05) is 6.04 Å². The number of halogens is 3. The summed E-state index contributed by atoms with van der Waals surface area (Å²) >= 11 is 0. The lowest BCUT2D eigenvalue weighted by atomic mass is 9.99. The van der Waals surface area contributed by atoms with Crippen LogP contribution in [0, 0.1) is 0 Å². The SMILES string of the molecule is CNC(C)Cc1ccc(-c2cccc(C(F)(F)F)c2)cc1. The van der Waals surface area contributed by atoms with Gasteiger partial charge in [0.15, 0.2) is 0 Å². The van der Waals surface area contributed by atoms with E-state index in [1.54, 1.807) is 6.07 Å². The molecule has 2 aromatic carbocycles. The minimum Gasteiger partial charge on any atom is -0.317 e. The first-order valence-corrected chi connectivity index (χ1v) is 6.84. The third kappa shape index (κ3) is 4.08. The molecule has 112 valence electrons. The summed E-state index contributed by atoms with van der Waals surface area (Å²) in [6.45, 7) is 2.08. The van der Waals surface area contributed by atoms with E-state index in [9.17, 15) is 13.2 Å². The van der Waals surface area contributed by atoms with E-state index in [1.807, 2.05) is 31.3 Å². The molecule has 2 rings (SSSR count). The van der Waals surface area contributed by atoms with Gasteiger partial charge in [-0.3, -0.25) is 0 Å². The number of benzene rings is 2. The predicted molar refractivity (Wildman–Crippen MR) is 79.1 cm³/mol. The molecule has 21 heavy (non-hydrogen) atoms.